The Morgan fingerprint density at radius 2 is 0.806 bits per heavy atom. The Morgan fingerprint density at radius 1 is 0.500 bits per heavy atom. The van der Waals surface area contributed by atoms with Crippen molar-refractivity contribution in [3.63, 3.8) is 0 Å². The molecule has 28 heteroatoms. The molecule has 0 aromatic heterocycles. The zero-order valence-electron chi connectivity index (χ0n) is 61.2. The second kappa shape index (κ2) is 64.7. The van der Waals surface area contributed by atoms with Gasteiger partial charge in [-0.3, -0.25) is 33.6 Å². The summed E-state index contributed by atoms with van der Waals surface area (Å²) in [5, 5.41) is 17.1. The number of unbranched alkanes of at least 4 members (excludes halogenated alkanes) is 20. The molecule has 4 aliphatic rings. The molecule has 4 aliphatic heterocycles. The molecular weight excluding hydrogens is 1630 g/mol. The van der Waals surface area contributed by atoms with Gasteiger partial charge in [-0.05, 0) is 51.4 Å². The third kappa shape index (κ3) is 50.5. The van der Waals surface area contributed by atoms with E-state index in [1.165, 1.54) is 115 Å². The molecule has 3 saturated heterocycles. The normalized spacial score (nSPS) is 24.8. The fraction of sp³-hybridized carbons (Fsp3) is 0.829. The van der Waals surface area contributed by atoms with Gasteiger partial charge in [-0.2, -0.15) is 0 Å². The van der Waals surface area contributed by atoms with Gasteiger partial charge in [0, 0.05) is 104 Å². The molecule has 0 spiro atoms. The second-order valence-electron chi connectivity index (χ2n) is 24.7. The van der Waals surface area contributed by atoms with Crippen molar-refractivity contribution in [1.82, 2.24) is 0 Å². The summed E-state index contributed by atoms with van der Waals surface area (Å²) in [5.74, 6) is -2.52. The molecule has 24 nitrogen and oxygen atoms in total. The number of hydrogen-bond donors (Lipinski definition) is 2. The van der Waals surface area contributed by atoms with Crippen LogP contribution in [0.25, 0.3) is 0 Å². The molecule has 0 radical (unpaired) electrons. The van der Waals surface area contributed by atoms with Crippen molar-refractivity contribution in [2.24, 2.45) is 34.6 Å². The Kier molecular flexibility index (Phi) is 66.2. The summed E-state index contributed by atoms with van der Waals surface area (Å²) in [6.45, 7) is 28.9. The number of carboxylic acid groups (broad SMARTS) is 1. The summed E-state index contributed by atoms with van der Waals surface area (Å²) < 4.78 is 84.7. The van der Waals surface area contributed by atoms with Crippen LogP contribution in [-0.4, -0.2) is 162 Å². The Balaban J connectivity index is -0.00000124. The number of aliphatic hydroxyl groups excluding tert-OH is 1. The summed E-state index contributed by atoms with van der Waals surface area (Å²) in [7, 11) is 0. The van der Waals surface area contributed by atoms with Crippen molar-refractivity contribution >= 4 is 92.9 Å². The van der Waals surface area contributed by atoms with Gasteiger partial charge in [-0.1, -0.05) is 188 Å². The molecule has 566 valence electrons. The fourth-order valence-electron chi connectivity index (χ4n) is 11.0. The van der Waals surface area contributed by atoms with Gasteiger partial charge in [0.2, 0.25) is 6.29 Å². The van der Waals surface area contributed by atoms with Crippen LogP contribution in [0.5, 0.6) is 0 Å². The van der Waals surface area contributed by atoms with E-state index in [0.717, 1.165) is 77.0 Å². The molecule has 15 atom stereocenters. The van der Waals surface area contributed by atoms with E-state index < -0.39 is 107 Å². The van der Waals surface area contributed by atoms with Gasteiger partial charge in [0.1, 0.15) is 62.5 Å². The molecule has 98 heavy (non-hydrogen) atoms. The monoisotopic (exact) mass is 1750 g/mol. The van der Waals surface area contributed by atoms with E-state index in [0.29, 0.717) is 25.7 Å². The maximum absolute atomic E-state index is 11.5. The van der Waals surface area contributed by atoms with Gasteiger partial charge in [-0.15, -0.1) is 13.2 Å². The van der Waals surface area contributed by atoms with Gasteiger partial charge in [0.15, 0.2) is 40.5 Å². The fourth-order valence-corrected chi connectivity index (χ4v) is 11.0. The van der Waals surface area contributed by atoms with Crippen molar-refractivity contribution in [3.8, 4) is 0 Å². The number of carbonyl (C=O) groups is 7. The number of nitrogens with zero attached hydrogens (tertiary/aromatic N) is 1. The number of alkyl halides is 2. The van der Waals surface area contributed by atoms with E-state index in [1.54, 1.807) is 6.92 Å². The molecule has 0 aliphatic carbocycles. The molecule has 0 saturated carbocycles. The predicted octanol–water partition coefficient (Wildman–Crippen LogP) is 5.89. The van der Waals surface area contributed by atoms with Crippen molar-refractivity contribution < 1.29 is 159 Å². The van der Waals surface area contributed by atoms with Gasteiger partial charge in [0.05, 0.1) is 2.43 Å². The molecule has 3 fully saturated rings. The van der Waals surface area contributed by atoms with Gasteiger partial charge in [-0.25, -0.2) is 4.99 Å². The van der Waals surface area contributed by atoms with Crippen molar-refractivity contribution in [1.29, 1.82) is 0 Å². The van der Waals surface area contributed by atoms with Crippen LogP contribution in [0, 0.1) is 29.6 Å². The minimum Gasteiger partial charge on any atom is -0.599 e. The first-order valence-corrected chi connectivity index (χ1v) is 39.4. The van der Waals surface area contributed by atoms with Gasteiger partial charge < -0.3 is 73.9 Å². The Bertz CT molecular complexity index is 2150. The quantitative estimate of drug-likeness (QED) is 0.0137. The van der Waals surface area contributed by atoms with Crippen LogP contribution in [0.3, 0.4) is 0 Å². The summed E-state index contributed by atoms with van der Waals surface area (Å²) in [6, 6.07) is -0.215. The van der Waals surface area contributed by atoms with E-state index in [9.17, 15) is 33.6 Å². The maximum atomic E-state index is 11.5. The predicted molar refractivity (Wildman–Crippen MR) is 377 cm³/mol. The third-order valence-electron chi connectivity index (χ3n) is 16.5. The van der Waals surface area contributed by atoms with Crippen molar-refractivity contribution in [2.75, 3.05) is 42.1 Å². The molecular formula is C70H121I3NNaO23. The van der Waals surface area contributed by atoms with Crippen LogP contribution in [0.15, 0.2) is 30.3 Å². The summed E-state index contributed by atoms with van der Waals surface area (Å²) in [4.78, 5) is 82.3. The number of ether oxygens (including phenoxy) is 12. The van der Waals surface area contributed by atoms with Crippen LogP contribution < -0.4 is 58.5 Å². The average Bonchev–Trinajstić information content (AvgIpc) is 1.55. The largest absolute Gasteiger partial charge is 1.00 e. The number of esters is 6. The zero-order chi connectivity index (χ0) is 73.5. The van der Waals surface area contributed by atoms with E-state index in [4.69, 9.17) is 73.9 Å². The van der Waals surface area contributed by atoms with Crippen LogP contribution in [0.1, 0.15) is 237 Å². The number of carbonyl (C=O) groups excluding carboxylic acids is 6. The number of hydrogen-bond acceptors (Lipinski definition) is 23. The number of aliphatic imine (C=N–C) groups is 1. The first kappa shape index (κ1) is 100. The third-order valence-corrected chi connectivity index (χ3v) is 16.5. The summed E-state index contributed by atoms with van der Waals surface area (Å²) in [5.41, 5.74) is 0. The zero-order valence-corrected chi connectivity index (χ0v) is 69.7. The minimum atomic E-state index is -1.91. The SMILES string of the molecule is C=CCCCCCCCCCO.C=CCCCCCCCCCOC1OC(COC(C)=O)C(OC(C)=O)C(C)C1C.CC(=O)OCC1OC(OCCCCCCCCCC(=O)O)C(C)C(C)C1OC(C)=O.CC(=O)OCC1OC2OC(C)=NC2C(C)C1OC(C)=O.ICI.[Na+].[O-][I+][O-]. The summed E-state index contributed by atoms with van der Waals surface area (Å²) >= 11 is 2.64. The molecule has 15 unspecified atom stereocenters. The Hall–Kier alpha value is -1.89. The van der Waals surface area contributed by atoms with E-state index >= 15 is 0 Å². The molecule has 4 heterocycles. The van der Waals surface area contributed by atoms with Crippen molar-refractivity contribution in [3.05, 3.63) is 25.3 Å². The smallest absolute Gasteiger partial charge is 0.599 e. The first-order valence-electron chi connectivity index (χ1n) is 34.6. The molecule has 0 bridgehead atoms. The first-order chi connectivity index (χ1) is 46.2. The Labute approximate surface area is 647 Å². The molecule has 0 aromatic carbocycles. The Morgan fingerprint density at radius 3 is 1.12 bits per heavy atom. The van der Waals surface area contributed by atoms with Gasteiger partial charge in [0.25, 0.3) is 0 Å². The van der Waals surface area contributed by atoms with E-state index in [1.807, 2.05) is 46.8 Å². The maximum Gasteiger partial charge on any atom is 1.00 e. The number of fused-ring (bicyclic) bond motifs is 1. The summed E-state index contributed by atoms with van der Waals surface area (Å²) in [6.07, 6.45) is 26.2. The molecule has 0 aromatic rings. The number of aliphatic carboxylic acids is 1. The van der Waals surface area contributed by atoms with Crippen LogP contribution in [0.2, 0.25) is 0 Å². The van der Waals surface area contributed by atoms with Crippen LogP contribution >= 0.6 is 45.2 Å². The number of aliphatic hydroxyl groups is 1. The number of carboxylic acids is 1. The van der Waals surface area contributed by atoms with Crippen LogP contribution in [0.4, 0.5) is 0 Å². The topological polar surface area (TPSA) is 329 Å². The molecule has 4 rings (SSSR count). The second-order valence-corrected chi connectivity index (χ2v) is 29.5. The molecule has 2 N–H and O–H groups in total. The average molecular weight is 1750 g/mol. The van der Waals surface area contributed by atoms with Crippen LogP contribution in [-0.2, 0) is 90.4 Å². The standard InChI is InChI=1S/C23H40O6.C22H38O8.C13H19NO6.C11H22O.CH2I2.IO2.Na/c1-6-7-8-9-10-11-12-13-14-15-26-23-18(3)17(2)22(28-20(5)25)21(29-23)16-27-19(4)24;1-15-16(2)22(27-13-11-9-7-5-6-8-10-12-20(25)26)30-19(14-28-17(3)23)21(15)29-18(4)24;1-6-11-13(18-7(2)14-11)20-10(5-17-8(3)15)12(6)19-9(4)16;1-2-3-4-5-6-7-8-9-10-11-12;2*2-1-3;/h6,17-18,21-23H,1,7-16H2,2-5H3;15-16,19,21-22H,5-14H2,1-4H3,(H,25,26);6,10-13H,5H2,1-4H3;2,12H,1,3-11H2;1H2;;/q;;;;;-1;+1. The minimum absolute atomic E-state index is 0. The number of allylic oxidation sites excluding steroid dienone is 2. The number of halogens is 3. The van der Waals surface area contributed by atoms with Crippen molar-refractivity contribution in [2.45, 2.75) is 299 Å². The number of rotatable bonds is 40. The van der Waals surface area contributed by atoms with E-state index in [2.05, 4.69) is 63.3 Å². The van der Waals surface area contributed by atoms with Gasteiger partial charge >= 0.3 is 71.3 Å². The van der Waals surface area contributed by atoms with E-state index in [-0.39, 0.29) is 103 Å². The molecule has 0 amide bonds.